The van der Waals surface area contributed by atoms with Crippen molar-refractivity contribution in [3.63, 3.8) is 0 Å². The number of aryl methyl sites for hydroxylation is 1. The molecule has 3 rings (SSSR count). The summed E-state index contributed by atoms with van der Waals surface area (Å²) < 4.78 is 6.06. The Morgan fingerprint density at radius 1 is 1.31 bits per heavy atom. The van der Waals surface area contributed by atoms with Crippen molar-refractivity contribution in [3.05, 3.63) is 24.3 Å². The number of carbonyl (C=O) groups is 2. The van der Waals surface area contributed by atoms with Gasteiger partial charge in [0.05, 0.1) is 18.2 Å². The Kier molecular flexibility index (Phi) is 5.86. The number of hydrogen-bond donors (Lipinski definition) is 1. The maximum atomic E-state index is 12.4. The lowest BCUT2D eigenvalue weighted by Gasteiger charge is -2.38. The van der Waals surface area contributed by atoms with Crippen LogP contribution in [0.3, 0.4) is 0 Å². The van der Waals surface area contributed by atoms with E-state index >= 15 is 0 Å². The van der Waals surface area contributed by atoms with Gasteiger partial charge in [-0.1, -0.05) is 13.8 Å². The standard InChI is InChI=1S/C19H28N4O3/c1-14(2)18(25)22-16-9-19(26-12-16)5-7-23(8-6-19)17(24)4-3-15-10-20-13-21-11-15/h10-11,13-14,16H,3-9,12H2,1-2H3,(H,22,25). The third-order valence-corrected chi connectivity index (χ3v) is 5.35. The first-order valence-electron chi connectivity index (χ1n) is 9.43. The Hall–Kier alpha value is -2.02. The lowest BCUT2D eigenvalue weighted by molar-refractivity contribution is -0.136. The molecule has 2 aliphatic rings. The summed E-state index contributed by atoms with van der Waals surface area (Å²) in [5, 5.41) is 3.07. The number of ether oxygens (including phenoxy) is 1. The van der Waals surface area contributed by atoms with Gasteiger partial charge < -0.3 is 15.0 Å². The van der Waals surface area contributed by atoms with Crippen LogP contribution in [-0.2, 0) is 20.7 Å². The first-order chi connectivity index (χ1) is 12.5. The molecule has 0 aromatic carbocycles. The summed E-state index contributed by atoms with van der Waals surface area (Å²) in [6, 6.07) is 0.0882. The molecule has 0 saturated carbocycles. The zero-order valence-electron chi connectivity index (χ0n) is 15.6. The number of rotatable bonds is 5. The van der Waals surface area contributed by atoms with E-state index < -0.39 is 0 Å². The van der Waals surface area contributed by atoms with E-state index in [0.717, 1.165) is 37.9 Å². The van der Waals surface area contributed by atoms with E-state index in [1.165, 1.54) is 6.33 Å². The molecule has 2 amide bonds. The third-order valence-electron chi connectivity index (χ3n) is 5.35. The quantitative estimate of drug-likeness (QED) is 0.856. The minimum atomic E-state index is -0.182. The van der Waals surface area contributed by atoms with Gasteiger partial charge in [0.15, 0.2) is 0 Å². The molecule has 3 heterocycles. The molecule has 1 spiro atoms. The number of likely N-dealkylation sites (tertiary alicyclic amines) is 1. The van der Waals surface area contributed by atoms with Gasteiger partial charge in [-0.3, -0.25) is 9.59 Å². The highest BCUT2D eigenvalue weighted by molar-refractivity contribution is 5.78. The maximum absolute atomic E-state index is 12.4. The van der Waals surface area contributed by atoms with Crippen molar-refractivity contribution in [2.24, 2.45) is 5.92 Å². The second-order valence-electron chi connectivity index (χ2n) is 7.69. The minimum Gasteiger partial charge on any atom is -0.373 e. The molecule has 7 heteroatoms. The molecule has 2 fully saturated rings. The van der Waals surface area contributed by atoms with Gasteiger partial charge in [0, 0.05) is 37.8 Å². The molecule has 26 heavy (non-hydrogen) atoms. The molecular weight excluding hydrogens is 332 g/mol. The highest BCUT2D eigenvalue weighted by Gasteiger charge is 2.43. The van der Waals surface area contributed by atoms with Crippen molar-refractivity contribution in [2.45, 2.75) is 57.6 Å². The third kappa shape index (κ3) is 4.58. The van der Waals surface area contributed by atoms with Crippen molar-refractivity contribution < 1.29 is 14.3 Å². The number of nitrogens with zero attached hydrogens (tertiary/aromatic N) is 3. The summed E-state index contributed by atoms with van der Waals surface area (Å²) in [5.41, 5.74) is 0.802. The molecule has 1 N–H and O–H groups in total. The molecule has 1 unspecified atom stereocenters. The molecule has 142 valence electrons. The van der Waals surface area contributed by atoms with Gasteiger partial charge in [0.1, 0.15) is 6.33 Å². The van der Waals surface area contributed by atoms with Gasteiger partial charge in [-0.25, -0.2) is 9.97 Å². The Morgan fingerprint density at radius 2 is 2.00 bits per heavy atom. The fourth-order valence-corrected chi connectivity index (χ4v) is 3.69. The van der Waals surface area contributed by atoms with Crippen LogP contribution in [0.4, 0.5) is 0 Å². The van der Waals surface area contributed by atoms with E-state index in [1.807, 2.05) is 18.7 Å². The van der Waals surface area contributed by atoms with Crippen LogP contribution in [0.5, 0.6) is 0 Å². The Morgan fingerprint density at radius 3 is 2.65 bits per heavy atom. The normalized spacial score (nSPS) is 22.0. The number of amides is 2. The van der Waals surface area contributed by atoms with Crippen LogP contribution in [0.15, 0.2) is 18.7 Å². The lowest BCUT2D eigenvalue weighted by atomic mass is 9.87. The van der Waals surface area contributed by atoms with Gasteiger partial charge in [-0.2, -0.15) is 0 Å². The largest absolute Gasteiger partial charge is 0.373 e. The van der Waals surface area contributed by atoms with Gasteiger partial charge in [0.25, 0.3) is 0 Å². The van der Waals surface area contributed by atoms with E-state index in [0.29, 0.717) is 19.4 Å². The number of carbonyl (C=O) groups excluding carboxylic acids is 2. The zero-order valence-corrected chi connectivity index (χ0v) is 15.6. The van der Waals surface area contributed by atoms with Crippen molar-refractivity contribution in [1.82, 2.24) is 20.2 Å². The molecule has 2 aliphatic heterocycles. The van der Waals surface area contributed by atoms with E-state index in [-0.39, 0.29) is 29.4 Å². The predicted molar refractivity (Wildman–Crippen MR) is 96.2 cm³/mol. The smallest absolute Gasteiger partial charge is 0.222 e. The van der Waals surface area contributed by atoms with Crippen LogP contribution >= 0.6 is 0 Å². The molecule has 0 aliphatic carbocycles. The molecule has 0 radical (unpaired) electrons. The van der Waals surface area contributed by atoms with E-state index in [2.05, 4.69) is 15.3 Å². The van der Waals surface area contributed by atoms with E-state index in [4.69, 9.17) is 4.74 Å². The highest BCUT2D eigenvalue weighted by Crippen LogP contribution is 2.36. The minimum absolute atomic E-state index is 0.0129. The van der Waals surface area contributed by atoms with Crippen molar-refractivity contribution in [2.75, 3.05) is 19.7 Å². The highest BCUT2D eigenvalue weighted by atomic mass is 16.5. The van der Waals surface area contributed by atoms with Crippen LogP contribution in [-0.4, -0.2) is 58.0 Å². The van der Waals surface area contributed by atoms with Crippen molar-refractivity contribution >= 4 is 11.8 Å². The van der Waals surface area contributed by atoms with E-state index in [1.54, 1.807) is 12.4 Å². The second-order valence-corrected chi connectivity index (χ2v) is 7.69. The summed E-state index contributed by atoms with van der Waals surface area (Å²) in [4.78, 5) is 34.2. The second kappa shape index (κ2) is 8.12. The summed E-state index contributed by atoms with van der Waals surface area (Å²) in [5.74, 6) is 0.237. The Balaban J connectivity index is 1.44. The van der Waals surface area contributed by atoms with Gasteiger partial charge in [-0.15, -0.1) is 0 Å². The summed E-state index contributed by atoms with van der Waals surface area (Å²) in [6.07, 6.45) is 8.66. The van der Waals surface area contributed by atoms with Gasteiger partial charge in [0.2, 0.25) is 11.8 Å². The van der Waals surface area contributed by atoms with E-state index in [9.17, 15) is 9.59 Å². The average molecular weight is 360 g/mol. The van der Waals surface area contributed by atoms with Crippen molar-refractivity contribution in [3.8, 4) is 0 Å². The van der Waals surface area contributed by atoms with Crippen LogP contribution in [0, 0.1) is 5.92 Å². The van der Waals surface area contributed by atoms with Gasteiger partial charge in [-0.05, 0) is 31.2 Å². The molecule has 0 bridgehead atoms. The fourth-order valence-electron chi connectivity index (χ4n) is 3.69. The van der Waals surface area contributed by atoms with Crippen LogP contribution in [0.2, 0.25) is 0 Å². The number of hydrogen-bond acceptors (Lipinski definition) is 5. The first kappa shape index (κ1) is 18.8. The lowest BCUT2D eigenvalue weighted by Crippen LogP contribution is -2.47. The molecular formula is C19H28N4O3. The fraction of sp³-hybridized carbons (Fsp3) is 0.684. The molecule has 7 nitrogen and oxygen atoms in total. The molecule has 1 atom stereocenters. The van der Waals surface area contributed by atoms with Crippen LogP contribution in [0.1, 0.15) is 45.1 Å². The number of nitrogens with one attached hydrogen (secondary N) is 1. The predicted octanol–water partition coefficient (Wildman–Crippen LogP) is 1.33. The number of piperidine rings is 1. The molecule has 1 aromatic heterocycles. The number of aromatic nitrogens is 2. The monoisotopic (exact) mass is 360 g/mol. The molecule has 2 saturated heterocycles. The van der Waals surface area contributed by atoms with Crippen LogP contribution in [0.25, 0.3) is 0 Å². The first-order valence-corrected chi connectivity index (χ1v) is 9.43. The molecule has 1 aromatic rings. The topological polar surface area (TPSA) is 84.4 Å². The summed E-state index contributed by atoms with van der Waals surface area (Å²) in [6.45, 7) is 5.80. The Labute approximate surface area is 154 Å². The summed E-state index contributed by atoms with van der Waals surface area (Å²) in [7, 11) is 0. The maximum Gasteiger partial charge on any atom is 0.222 e. The SMILES string of the molecule is CC(C)C(=O)NC1COC2(CCN(C(=O)CCc3cncnc3)CC2)C1. The summed E-state index contributed by atoms with van der Waals surface area (Å²) >= 11 is 0. The van der Waals surface area contributed by atoms with Crippen molar-refractivity contribution in [1.29, 1.82) is 0 Å². The Bertz CT molecular complexity index is 627. The van der Waals surface area contributed by atoms with Crippen LogP contribution < -0.4 is 5.32 Å². The average Bonchev–Trinajstić information content (AvgIpc) is 3.03. The van der Waals surface area contributed by atoms with Gasteiger partial charge >= 0.3 is 0 Å². The zero-order chi connectivity index (χ0) is 18.6.